The number of hydrogen-bond acceptors (Lipinski definition) is 3. The van der Waals surface area contributed by atoms with E-state index in [2.05, 4.69) is 4.99 Å². The summed E-state index contributed by atoms with van der Waals surface area (Å²) in [6.45, 7) is 1.85. The Kier molecular flexibility index (Phi) is 5.42. The van der Waals surface area contributed by atoms with E-state index < -0.39 is 0 Å². The maximum Gasteiger partial charge on any atom is 0.190 e. The summed E-state index contributed by atoms with van der Waals surface area (Å²) in [5.41, 5.74) is 5.63. The van der Waals surface area contributed by atoms with Crippen LogP contribution in [0.4, 0.5) is 0 Å². The van der Waals surface area contributed by atoms with Crippen LogP contribution < -0.4 is 5.73 Å². The van der Waals surface area contributed by atoms with Crippen molar-refractivity contribution in [1.82, 2.24) is 4.90 Å². The summed E-state index contributed by atoms with van der Waals surface area (Å²) in [6, 6.07) is 3.74. The average Bonchev–Trinajstić information content (AvgIpc) is 2.75. The molecule has 0 atom stereocenters. The fourth-order valence-corrected chi connectivity index (χ4v) is 1.07. The van der Waals surface area contributed by atoms with Crippen molar-refractivity contribution in [2.24, 2.45) is 10.7 Å². The number of rotatable bonds is 6. The molecule has 5 nitrogen and oxygen atoms in total. The van der Waals surface area contributed by atoms with Gasteiger partial charge in [-0.2, -0.15) is 0 Å². The number of hydrogen-bond donors (Lipinski definition) is 1. The van der Waals surface area contributed by atoms with E-state index in [1.165, 1.54) is 0 Å². The highest BCUT2D eigenvalue weighted by molar-refractivity contribution is 5.77. The summed E-state index contributed by atoms with van der Waals surface area (Å²) in [5, 5.41) is 0. The average molecular weight is 225 g/mol. The third kappa shape index (κ3) is 4.84. The van der Waals surface area contributed by atoms with Crippen LogP contribution in [0.1, 0.15) is 12.2 Å². The van der Waals surface area contributed by atoms with Crippen LogP contribution in [0.3, 0.4) is 0 Å². The summed E-state index contributed by atoms with van der Waals surface area (Å²) < 4.78 is 10.5. The lowest BCUT2D eigenvalue weighted by atomic mass is 10.4. The van der Waals surface area contributed by atoms with Crippen LogP contribution in [0, 0.1) is 0 Å². The van der Waals surface area contributed by atoms with E-state index in [4.69, 9.17) is 14.9 Å². The van der Waals surface area contributed by atoms with Crippen LogP contribution in [0.15, 0.2) is 27.8 Å². The second kappa shape index (κ2) is 6.90. The van der Waals surface area contributed by atoms with Crippen LogP contribution in [0.2, 0.25) is 0 Å². The molecule has 0 aromatic carbocycles. The van der Waals surface area contributed by atoms with Crippen LogP contribution in [-0.2, 0) is 11.3 Å². The molecule has 1 rings (SSSR count). The number of aliphatic imine (C=N–C) groups is 1. The fraction of sp³-hybridized carbons (Fsp3) is 0.545. The SMILES string of the molecule is CN(C)C(N)=NCCCOCc1ccco1. The van der Waals surface area contributed by atoms with Gasteiger partial charge in [0.05, 0.1) is 6.26 Å². The molecule has 0 radical (unpaired) electrons. The first kappa shape index (κ1) is 12.6. The van der Waals surface area contributed by atoms with Crippen LogP contribution in [-0.4, -0.2) is 38.1 Å². The zero-order valence-corrected chi connectivity index (χ0v) is 9.85. The molecule has 90 valence electrons. The molecule has 1 heterocycles. The Balaban J connectivity index is 2.02. The zero-order valence-electron chi connectivity index (χ0n) is 9.85. The van der Waals surface area contributed by atoms with E-state index in [9.17, 15) is 0 Å². The first-order valence-corrected chi connectivity index (χ1v) is 5.27. The molecule has 16 heavy (non-hydrogen) atoms. The summed E-state index contributed by atoms with van der Waals surface area (Å²) >= 11 is 0. The molecule has 0 spiro atoms. The Labute approximate surface area is 95.9 Å². The smallest absolute Gasteiger partial charge is 0.190 e. The number of ether oxygens (including phenoxy) is 1. The van der Waals surface area contributed by atoms with Crippen LogP contribution in [0.5, 0.6) is 0 Å². The molecule has 0 aliphatic carbocycles. The highest BCUT2D eigenvalue weighted by Gasteiger charge is 1.96. The van der Waals surface area contributed by atoms with E-state index in [-0.39, 0.29) is 0 Å². The van der Waals surface area contributed by atoms with Gasteiger partial charge in [-0.05, 0) is 18.6 Å². The van der Waals surface area contributed by atoms with Crippen molar-refractivity contribution < 1.29 is 9.15 Å². The molecule has 1 aromatic heterocycles. The first-order chi connectivity index (χ1) is 7.70. The van der Waals surface area contributed by atoms with Crippen molar-refractivity contribution in [2.45, 2.75) is 13.0 Å². The minimum atomic E-state index is 0.514. The minimum absolute atomic E-state index is 0.514. The van der Waals surface area contributed by atoms with Gasteiger partial charge in [0.1, 0.15) is 12.4 Å². The molecule has 0 bridgehead atoms. The molecule has 5 heteroatoms. The lowest BCUT2D eigenvalue weighted by Crippen LogP contribution is -2.30. The summed E-state index contributed by atoms with van der Waals surface area (Å²) in [5.74, 6) is 1.39. The van der Waals surface area contributed by atoms with Gasteiger partial charge in [-0.15, -0.1) is 0 Å². The monoisotopic (exact) mass is 225 g/mol. The molecule has 1 aromatic rings. The second-order valence-corrected chi connectivity index (χ2v) is 3.62. The Morgan fingerprint density at radius 3 is 3.00 bits per heavy atom. The predicted molar refractivity (Wildman–Crippen MR) is 63.2 cm³/mol. The quantitative estimate of drug-likeness (QED) is 0.447. The van der Waals surface area contributed by atoms with E-state index in [0.29, 0.717) is 25.7 Å². The third-order valence-electron chi connectivity index (χ3n) is 2.00. The molecular formula is C11H19N3O2. The van der Waals surface area contributed by atoms with E-state index in [1.807, 2.05) is 26.2 Å². The molecule has 0 aliphatic rings. The lowest BCUT2D eigenvalue weighted by Gasteiger charge is -2.10. The van der Waals surface area contributed by atoms with Crippen LogP contribution in [0.25, 0.3) is 0 Å². The molecule has 0 amide bonds. The largest absolute Gasteiger partial charge is 0.467 e. The fourth-order valence-electron chi connectivity index (χ4n) is 1.07. The normalized spacial score (nSPS) is 11.8. The van der Waals surface area contributed by atoms with Gasteiger partial charge in [0.15, 0.2) is 5.96 Å². The lowest BCUT2D eigenvalue weighted by molar-refractivity contribution is 0.105. The van der Waals surface area contributed by atoms with E-state index >= 15 is 0 Å². The van der Waals surface area contributed by atoms with Gasteiger partial charge in [-0.3, -0.25) is 4.99 Å². The van der Waals surface area contributed by atoms with Gasteiger partial charge < -0.3 is 19.8 Å². The highest BCUT2D eigenvalue weighted by Crippen LogP contribution is 2.01. The number of nitrogens with zero attached hydrogens (tertiary/aromatic N) is 2. The molecule has 0 saturated heterocycles. The number of guanidine groups is 1. The minimum Gasteiger partial charge on any atom is -0.467 e. The maximum absolute atomic E-state index is 5.63. The Morgan fingerprint density at radius 1 is 1.56 bits per heavy atom. The predicted octanol–water partition coefficient (Wildman–Crippen LogP) is 1.06. The van der Waals surface area contributed by atoms with Gasteiger partial charge in [0, 0.05) is 27.2 Å². The Morgan fingerprint density at radius 2 is 2.38 bits per heavy atom. The molecule has 0 saturated carbocycles. The molecule has 0 fully saturated rings. The van der Waals surface area contributed by atoms with Gasteiger partial charge in [-0.1, -0.05) is 0 Å². The number of nitrogens with two attached hydrogens (primary N) is 1. The molecule has 0 unspecified atom stereocenters. The highest BCUT2D eigenvalue weighted by atomic mass is 16.5. The Bertz CT molecular complexity index is 307. The van der Waals surface area contributed by atoms with Crippen molar-refractivity contribution in [1.29, 1.82) is 0 Å². The van der Waals surface area contributed by atoms with E-state index in [1.54, 1.807) is 11.2 Å². The van der Waals surface area contributed by atoms with Gasteiger partial charge in [0.25, 0.3) is 0 Å². The van der Waals surface area contributed by atoms with Gasteiger partial charge in [-0.25, -0.2) is 0 Å². The molecule has 0 aliphatic heterocycles. The van der Waals surface area contributed by atoms with Gasteiger partial charge >= 0.3 is 0 Å². The van der Waals surface area contributed by atoms with Gasteiger partial charge in [0.2, 0.25) is 0 Å². The molecule has 2 N–H and O–H groups in total. The van der Waals surface area contributed by atoms with Crippen molar-refractivity contribution >= 4 is 5.96 Å². The van der Waals surface area contributed by atoms with E-state index in [0.717, 1.165) is 12.2 Å². The second-order valence-electron chi connectivity index (χ2n) is 3.62. The summed E-state index contributed by atoms with van der Waals surface area (Å²) in [6.07, 6.45) is 2.50. The maximum atomic E-state index is 5.63. The van der Waals surface area contributed by atoms with Crippen molar-refractivity contribution in [3.63, 3.8) is 0 Å². The third-order valence-corrected chi connectivity index (χ3v) is 2.00. The molecular weight excluding hydrogens is 206 g/mol. The summed E-state index contributed by atoms with van der Waals surface area (Å²) in [7, 11) is 3.73. The standard InChI is InChI=1S/C11H19N3O2/c1-14(2)11(12)13-6-4-7-15-9-10-5-3-8-16-10/h3,5,8H,4,6-7,9H2,1-2H3,(H2,12,13). The van der Waals surface area contributed by atoms with Crippen molar-refractivity contribution in [3.05, 3.63) is 24.2 Å². The first-order valence-electron chi connectivity index (χ1n) is 5.27. The number of furan rings is 1. The summed E-state index contributed by atoms with van der Waals surface area (Å²) in [4.78, 5) is 5.96. The van der Waals surface area contributed by atoms with Crippen molar-refractivity contribution in [2.75, 3.05) is 27.2 Å². The Hall–Kier alpha value is -1.49. The topological polar surface area (TPSA) is 64.0 Å². The zero-order chi connectivity index (χ0) is 11.8. The van der Waals surface area contributed by atoms with Crippen LogP contribution >= 0.6 is 0 Å². The van der Waals surface area contributed by atoms with Crippen molar-refractivity contribution in [3.8, 4) is 0 Å².